The maximum atomic E-state index is 13.2. The molecule has 0 saturated heterocycles. The molecular weight excluding hydrogens is 360 g/mol. The molecule has 0 aliphatic carbocycles. The summed E-state index contributed by atoms with van der Waals surface area (Å²) in [5.74, 6) is 0.727. The first-order valence-corrected chi connectivity index (χ1v) is 9.95. The Morgan fingerprint density at radius 2 is 1.86 bits per heavy atom. The van der Waals surface area contributed by atoms with Gasteiger partial charge >= 0.3 is 0 Å². The minimum atomic E-state index is -0.0224. The number of pyridine rings is 1. The summed E-state index contributed by atoms with van der Waals surface area (Å²) >= 11 is 0. The Bertz CT molecular complexity index is 1130. The second-order valence-electron chi connectivity index (χ2n) is 7.07. The smallest absolute Gasteiger partial charge is 0.262 e. The van der Waals surface area contributed by atoms with E-state index in [9.17, 15) is 4.79 Å². The van der Waals surface area contributed by atoms with Crippen molar-refractivity contribution in [1.29, 1.82) is 0 Å². The van der Waals surface area contributed by atoms with Crippen molar-refractivity contribution < 1.29 is 9.53 Å². The normalized spacial score (nSPS) is 11.0. The van der Waals surface area contributed by atoms with Crippen LogP contribution >= 0.6 is 0 Å². The van der Waals surface area contributed by atoms with Crippen molar-refractivity contribution in [2.75, 3.05) is 6.61 Å². The zero-order chi connectivity index (χ0) is 20.2. The summed E-state index contributed by atoms with van der Waals surface area (Å²) in [5.41, 5.74) is 4.81. The molecule has 0 aliphatic rings. The van der Waals surface area contributed by atoms with E-state index in [0.717, 1.165) is 40.9 Å². The van der Waals surface area contributed by atoms with E-state index in [1.807, 2.05) is 61.5 Å². The van der Waals surface area contributed by atoms with Gasteiger partial charge in [0, 0.05) is 35.0 Å². The van der Waals surface area contributed by atoms with E-state index < -0.39 is 0 Å². The van der Waals surface area contributed by atoms with Gasteiger partial charge in [0.25, 0.3) is 5.91 Å². The van der Waals surface area contributed by atoms with Crippen molar-refractivity contribution in [3.05, 3.63) is 95.4 Å². The van der Waals surface area contributed by atoms with E-state index in [1.165, 1.54) is 5.56 Å². The number of fused-ring (bicyclic) bond motifs is 1. The number of benzene rings is 2. The summed E-state index contributed by atoms with van der Waals surface area (Å²) in [6, 6.07) is 21.5. The molecule has 0 radical (unpaired) electrons. The molecule has 4 nitrogen and oxygen atoms in total. The lowest BCUT2D eigenvalue weighted by molar-refractivity contribution is 0.0963. The Labute approximate surface area is 170 Å². The van der Waals surface area contributed by atoms with Gasteiger partial charge in [-0.25, -0.2) is 0 Å². The van der Waals surface area contributed by atoms with Crippen molar-refractivity contribution in [3.8, 4) is 5.75 Å². The highest BCUT2D eigenvalue weighted by Gasteiger charge is 2.16. The molecule has 0 fully saturated rings. The fourth-order valence-corrected chi connectivity index (χ4v) is 3.64. The average Bonchev–Trinajstić information content (AvgIpc) is 3.10. The lowest BCUT2D eigenvalue weighted by Crippen LogP contribution is -2.13. The first-order chi connectivity index (χ1) is 14.2. The van der Waals surface area contributed by atoms with Gasteiger partial charge in [-0.1, -0.05) is 25.1 Å². The van der Waals surface area contributed by atoms with Gasteiger partial charge in [0.15, 0.2) is 0 Å². The minimum Gasteiger partial charge on any atom is -0.493 e. The van der Waals surface area contributed by atoms with Gasteiger partial charge in [0.2, 0.25) is 0 Å². The predicted molar refractivity (Wildman–Crippen MR) is 116 cm³/mol. The zero-order valence-electron chi connectivity index (χ0n) is 16.8. The molecule has 0 spiro atoms. The van der Waals surface area contributed by atoms with E-state index >= 15 is 0 Å². The number of ether oxygens (including phenoxy) is 1. The second kappa shape index (κ2) is 8.31. The fraction of sp³-hybridized carbons (Fsp3) is 0.200. The number of aryl methyl sites for hydroxylation is 2. The Morgan fingerprint density at radius 3 is 2.59 bits per heavy atom. The van der Waals surface area contributed by atoms with Crippen LogP contribution in [-0.2, 0) is 12.8 Å². The molecule has 0 amide bonds. The second-order valence-corrected chi connectivity index (χ2v) is 7.07. The average molecular weight is 384 g/mol. The van der Waals surface area contributed by atoms with E-state index in [0.29, 0.717) is 12.2 Å². The van der Waals surface area contributed by atoms with Gasteiger partial charge in [0.05, 0.1) is 12.1 Å². The van der Waals surface area contributed by atoms with Crippen LogP contribution in [0.2, 0.25) is 0 Å². The Kier molecular flexibility index (Phi) is 5.43. The van der Waals surface area contributed by atoms with E-state index in [-0.39, 0.29) is 5.91 Å². The first kappa shape index (κ1) is 18.9. The van der Waals surface area contributed by atoms with Crippen LogP contribution in [0.5, 0.6) is 5.75 Å². The number of aromatic nitrogens is 2. The van der Waals surface area contributed by atoms with Gasteiger partial charge in [-0.05, 0) is 67.4 Å². The van der Waals surface area contributed by atoms with Gasteiger partial charge in [-0.3, -0.25) is 14.3 Å². The summed E-state index contributed by atoms with van der Waals surface area (Å²) < 4.78 is 7.60. The molecule has 4 heteroatoms. The zero-order valence-corrected chi connectivity index (χ0v) is 16.8. The molecule has 0 N–H and O–H groups in total. The SMILES string of the molecule is CCc1cccc2c1cc(C)n2C(=O)c1ccc(OCCc2ccccn2)cc1. The number of hydrogen-bond acceptors (Lipinski definition) is 3. The summed E-state index contributed by atoms with van der Waals surface area (Å²) in [4.78, 5) is 17.5. The van der Waals surface area contributed by atoms with Gasteiger partial charge in [0.1, 0.15) is 5.75 Å². The van der Waals surface area contributed by atoms with Crippen molar-refractivity contribution in [2.45, 2.75) is 26.7 Å². The molecule has 4 aromatic rings. The quantitative estimate of drug-likeness (QED) is 0.458. The molecule has 0 aliphatic heterocycles. The minimum absolute atomic E-state index is 0.0224. The third-order valence-corrected chi connectivity index (χ3v) is 5.16. The predicted octanol–water partition coefficient (Wildman–Crippen LogP) is 5.22. The highest BCUT2D eigenvalue weighted by Crippen LogP contribution is 2.25. The number of rotatable bonds is 6. The molecule has 2 aromatic carbocycles. The van der Waals surface area contributed by atoms with E-state index in [4.69, 9.17) is 4.74 Å². The summed E-state index contributed by atoms with van der Waals surface area (Å²) in [6.07, 6.45) is 3.47. The molecular formula is C25H24N2O2. The van der Waals surface area contributed by atoms with Crippen LogP contribution in [0, 0.1) is 6.92 Å². The van der Waals surface area contributed by atoms with Gasteiger partial charge < -0.3 is 4.74 Å². The molecule has 146 valence electrons. The molecule has 0 bridgehead atoms. The van der Waals surface area contributed by atoms with Crippen LogP contribution in [0.1, 0.15) is 34.2 Å². The summed E-state index contributed by atoms with van der Waals surface area (Å²) in [7, 11) is 0. The van der Waals surface area contributed by atoms with Crippen LogP contribution in [0.25, 0.3) is 10.9 Å². The number of nitrogens with zero attached hydrogens (tertiary/aromatic N) is 2. The fourth-order valence-electron chi connectivity index (χ4n) is 3.64. The molecule has 0 atom stereocenters. The van der Waals surface area contributed by atoms with Crippen molar-refractivity contribution in [3.63, 3.8) is 0 Å². The lowest BCUT2D eigenvalue weighted by Gasteiger charge is -2.09. The maximum Gasteiger partial charge on any atom is 0.262 e. The van der Waals surface area contributed by atoms with Crippen LogP contribution < -0.4 is 4.74 Å². The number of carbonyl (C=O) groups is 1. The van der Waals surface area contributed by atoms with Gasteiger partial charge in [-0.2, -0.15) is 0 Å². The summed E-state index contributed by atoms with van der Waals surface area (Å²) in [6.45, 7) is 4.66. The van der Waals surface area contributed by atoms with Crippen molar-refractivity contribution >= 4 is 16.8 Å². The summed E-state index contributed by atoms with van der Waals surface area (Å²) in [5, 5.41) is 1.15. The highest BCUT2D eigenvalue weighted by atomic mass is 16.5. The molecule has 2 aromatic heterocycles. The highest BCUT2D eigenvalue weighted by molar-refractivity contribution is 6.03. The number of hydrogen-bond donors (Lipinski definition) is 0. The standard InChI is InChI=1S/C25H24N2O2/c1-3-19-7-6-9-24-23(19)17-18(2)27(24)25(28)20-10-12-22(13-11-20)29-16-14-21-8-4-5-15-26-21/h4-13,15,17H,3,14,16H2,1-2H3. The third kappa shape index (κ3) is 3.92. The molecule has 29 heavy (non-hydrogen) atoms. The maximum absolute atomic E-state index is 13.2. The van der Waals surface area contributed by atoms with Crippen LogP contribution in [0.3, 0.4) is 0 Å². The van der Waals surface area contributed by atoms with Crippen LogP contribution in [0.15, 0.2) is 72.9 Å². The third-order valence-electron chi connectivity index (χ3n) is 5.16. The van der Waals surface area contributed by atoms with E-state index in [2.05, 4.69) is 24.0 Å². The Hall–Kier alpha value is -3.40. The van der Waals surface area contributed by atoms with Crippen molar-refractivity contribution in [2.24, 2.45) is 0 Å². The van der Waals surface area contributed by atoms with Gasteiger partial charge in [-0.15, -0.1) is 0 Å². The largest absolute Gasteiger partial charge is 0.493 e. The molecule has 2 heterocycles. The van der Waals surface area contributed by atoms with E-state index in [1.54, 1.807) is 10.8 Å². The molecule has 0 saturated carbocycles. The Morgan fingerprint density at radius 1 is 1.03 bits per heavy atom. The Balaban J connectivity index is 1.50. The van der Waals surface area contributed by atoms with Crippen molar-refractivity contribution in [1.82, 2.24) is 9.55 Å². The topological polar surface area (TPSA) is 44.1 Å². The lowest BCUT2D eigenvalue weighted by atomic mass is 10.1. The van der Waals surface area contributed by atoms with Crippen LogP contribution in [0.4, 0.5) is 0 Å². The molecule has 0 unspecified atom stereocenters. The number of carbonyl (C=O) groups excluding carboxylic acids is 1. The molecule has 4 rings (SSSR count). The first-order valence-electron chi connectivity index (χ1n) is 9.95. The van der Waals surface area contributed by atoms with Crippen LogP contribution in [-0.4, -0.2) is 22.1 Å². The monoisotopic (exact) mass is 384 g/mol.